The number of nitrogens with one attached hydrogen (secondary N) is 3. The monoisotopic (exact) mass is 250 g/mol. The predicted molar refractivity (Wildman–Crippen MR) is 71.5 cm³/mol. The summed E-state index contributed by atoms with van der Waals surface area (Å²) in [7, 11) is 0. The van der Waals surface area contributed by atoms with Crippen LogP contribution in [0.3, 0.4) is 0 Å². The highest BCUT2D eigenvalue weighted by Crippen LogP contribution is 2.18. The Morgan fingerprint density at radius 2 is 2.22 bits per heavy atom. The van der Waals surface area contributed by atoms with Crippen LogP contribution in [0.2, 0.25) is 0 Å². The van der Waals surface area contributed by atoms with Crippen LogP contribution in [-0.2, 0) is 4.79 Å². The summed E-state index contributed by atoms with van der Waals surface area (Å²) in [5.41, 5.74) is 1.05. The predicted octanol–water partition coefficient (Wildman–Crippen LogP) is 1.86. The molecule has 0 radical (unpaired) electrons. The Labute approximate surface area is 108 Å². The average Bonchev–Trinajstić information content (AvgIpc) is 2.78. The summed E-state index contributed by atoms with van der Waals surface area (Å²) in [5, 5.41) is 13.2. The second-order valence-corrected chi connectivity index (χ2v) is 5.31. The van der Waals surface area contributed by atoms with E-state index in [1.165, 1.54) is 0 Å². The second-order valence-electron chi connectivity index (χ2n) is 5.31. The first-order valence-electron chi connectivity index (χ1n) is 6.71. The van der Waals surface area contributed by atoms with E-state index in [2.05, 4.69) is 34.7 Å². The van der Waals surface area contributed by atoms with Crippen LogP contribution in [0.15, 0.2) is 6.07 Å². The standard InChI is InChI=1S/C13H22N4O/c1-9(2)11-8-12(17-16-11)15-13(18)7-10-3-5-14-6-4-10/h8-10,14H,3-7H2,1-2H3,(H2,15,16,17,18). The largest absolute Gasteiger partial charge is 0.317 e. The van der Waals surface area contributed by atoms with Gasteiger partial charge in [-0.3, -0.25) is 9.89 Å². The van der Waals surface area contributed by atoms with Crippen molar-refractivity contribution in [3.05, 3.63) is 11.8 Å². The molecule has 18 heavy (non-hydrogen) atoms. The van der Waals surface area contributed by atoms with Crippen molar-refractivity contribution >= 4 is 11.7 Å². The van der Waals surface area contributed by atoms with Crippen molar-refractivity contribution in [2.24, 2.45) is 5.92 Å². The number of nitrogens with zero attached hydrogens (tertiary/aromatic N) is 1. The van der Waals surface area contributed by atoms with Crippen LogP contribution in [0.4, 0.5) is 5.82 Å². The number of anilines is 1. The van der Waals surface area contributed by atoms with Gasteiger partial charge in [0.1, 0.15) is 0 Å². The molecule has 1 aromatic rings. The number of aromatic amines is 1. The molecule has 100 valence electrons. The smallest absolute Gasteiger partial charge is 0.225 e. The maximum atomic E-state index is 11.9. The molecule has 0 atom stereocenters. The number of piperidine rings is 1. The van der Waals surface area contributed by atoms with Gasteiger partial charge in [-0.25, -0.2) is 0 Å². The second kappa shape index (κ2) is 6.00. The van der Waals surface area contributed by atoms with E-state index in [1.807, 2.05) is 6.07 Å². The lowest BCUT2D eigenvalue weighted by Gasteiger charge is -2.21. The third kappa shape index (κ3) is 3.57. The molecule has 1 aliphatic rings. The highest BCUT2D eigenvalue weighted by molar-refractivity contribution is 5.89. The van der Waals surface area contributed by atoms with Crippen LogP contribution in [0.1, 0.15) is 44.7 Å². The van der Waals surface area contributed by atoms with Gasteiger partial charge in [-0.05, 0) is 37.8 Å². The van der Waals surface area contributed by atoms with E-state index in [4.69, 9.17) is 0 Å². The first-order chi connectivity index (χ1) is 8.65. The van der Waals surface area contributed by atoms with Crippen molar-refractivity contribution in [2.75, 3.05) is 18.4 Å². The van der Waals surface area contributed by atoms with Gasteiger partial charge in [0.15, 0.2) is 5.82 Å². The number of carbonyl (C=O) groups excluding carboxylic acids is 1. The Balaban J connectivity index is 1.82. The topological polar surface area (TPSA) is 69.8 Å². The number of hydrogen-bond acceptors (Lipinski definition) is 3. The Hall–Kier alpha value is -1.36. The average molecular weight is 250 g/mol. The molecule has 0 bridgehead atoms. The van der Waals surface area contributed by atoms with Crippen molar-refractivity contribution < 1.29 is 4.79 Å². The third-order valence-corrected chi connectivity index (χ3v) is 3.42. The summed E-state index contributed by atoms with van der Waals surface area (Å²) in [5.74, 6) is 1.61. The molecular weight excluding hydrogens is 228 g/mol. The SMILES string of the molecule is CC(C)c1cc(NC(=O)CC2CCNCC2)n[nH]1. The molecule has 5 heteroatoms. The molecule has 1 aliphatic heterocycles. The van der Waals surface area contributed by atoms with Crippen LogP contribution in [0.5, 0.6) is 0 Å². The van der Waals surface area contributed by atoms with Crippen LogP contribution in [0, 0.1) is 5.92 Å². The van der Waals surface area contributed by atoms with E-state index in [0.29, 0.717) is 24.1 Å². The fourth-order valence-electron chi connectivity index (χ4n) is 2.24. The zero-order valence-electron chi connectivity index (χ0n) is 11.1. The number of hydrogen-bond donors (Lipinski definition) is 3. The van der Waals surface area contributed by atoms with Crippen LogP contribution < -0.4 is 10.6 Å². The summed E-state index contributed by atoms with van der Waals surface area (Å²) in [4.78, 5) is 11.9. The molecule has 1 amide bonds. The van der Waals surface area contributed by atoms with Gasteiger partial charge in [0.2, 0.25) is 5.91 Å². The van der Waals surface area contributed by atoms with Crippen molar-refractivity contribution in [1.29, 1.82) is 0 Å². The van der Waals surface area contributed by atoms with E-state index in [0.717, 1.165) is 31.6 Å². The number of carbonyl (C=O) groups is 1. The molecule has 0 aliphatic carbocycles. The van der Waals surface area contributed by atoms with Gasteiger partial charge in [-0.2, -0.15) is 5.10 Å². The normalized spacial score (nSPS) is 17.1. The van der Waals surface area contributed by atoms with Crippen LogP contribution in [-0.4, -0.2) is 29.2 Å². The van der Waals surface area contributed by atoms with Crippen LogP contribution in [0.25, 0.3) is 0 Å². The minimum absolute atomic E-state index is 0.0729. The minimum atomic E-state index is 0.0729. The van der Waals surface area contributed by atoms with Gasteiger partial charge in [0, 0.05) is 18.2 Å². The lowest BCUT2D eigenvalue weighted by Crippen LogP contribution is -2.30. The highest BCUT2D eigenvalue weighted by Gasteiger charge is 2.17. The van der Waals surface area contributed by atoms with E-state index >= 15 is 0 Å². The molecule has 2 rings (SSSR count). The summed E-state index contributed by atoms with van der Waals surface area (Å²) in [6, 6.07) is 1.91. The quantitative estimate of drug-likeness (QED) is 0.764. The van der Waals surface area contributed by atoms with Crippen LogP contribution >= 0.6 is 0 Å². The summed E-state index contributed by atoms with van der Waals surface area (Å²) in [6.45, 7) is 6.23. The zero-order chi connectivity index (χ0) is 13.0. The molecule has 1 fully saturated rings. The van der Waals surface area contributed by atoms with Crippen molar-refractivity contribution in [2.45, 2.75) is 39.0 Å². The van der Waals surface area contributed by atoms with Gasteiger partial charge in [-0.15, -0.1) is 0 Å². The van der Waals surface area contributed by atoms with Crippen molar-refractivity contribution in [3.63, 3.8) is 0 Å². The lowest BCUT2D eigenvalue weighted by molar-refractivity contribution is -0.117. The summed E-state index contributed by atoms with van der Waals surface area (Å²) >= 11 is 0. The molecule has 1 saturated heterocycles. The Kier molecular flexibility index (Phi) is 4.36. The Morgan fingerprint density at radius 3 is 2.83 bits per heavy atom. The Morgan fingerprint density at radius 1 is 1.50 bits per heavy atom. The van der Waals surface area contributed by atoms with E-state index in [9.17, 15) is 4.79 Å². The number of H-pyrrole nitrogens is 1. The first kappa shape index (κ1) is 13.1. The number of amides is 1. The van der Waals surface area contributed by atoms with E-state index < -0.39 is 0 Å². The Bertz CT molecular complexity index is 393. The summed E-state index contributed by atoms with van der Waals surface area (Å²) in [6.07, 6.45) is 2.78. The maximum absolute atomic E-state index is 11.9. The zero-order valence-corrected chi connectivity index (χ0v) is 11.1. The van der Waals surface area contributed by atoms with Gasteiger partial charge < -0.3 is 10.6 Å². The fourth-order valence-corrected chi connectivity index (χ4v) is 2.24. The molecular formula is C13H22N4O. The number of rotatable bonds is 4. The molecule has 0 saturated carbocycles. The van der Waals surface area contributed by atoms with Gasteiger partial charge in [-0.1, -0.05) is 13.8 Å². The molecule has 0 aromatic carbocycles. The highest BCUT2D eigenvalue weighted by atomic mass is 16.1. The molecule has 0 spiro atoms. The number of aromatic nitrogens is 2. The molecule has 3 N–H and O–H groups in total. The molecule has 2 heterocycles. The van der Waals surface area contributed by atoms with Gasteiger partial charge in [0.25, 0.3) is 0 Å². The first-order valence-corrected chi connectivity index (χ1v) is 6.71. The van der Waals surface area contributed by atoms with Gasteiger partial charge in [0.05, 0.1) is 0 Å². The fraction of sp³-hybridized carbons (Fsp3) is 0.692. The van der Waals surface area contributed by atoms with Gasteiger partial charge >= 0.3 is 0 Å². The minimum Gasteiger partial charge on any atom is -0.317 e. The van der Waals surface area contributed by atoms with Crippen molar-refractivity contribution in [3.8, 4) is 0 Å². The van der Waals surface area contributed by atoms with Crippen molar-refractivity contribution in [1.82, 2.24) is 15.5 Å². The summed E-state index contributed by atoms with van der Waals surface area (Å²) < 4.78 is 0. The molecule has 1 aromatic heterocycles. The maximum Gasteiger partial charge on any atom is 0.225 e. The lowest BCUT2D eigenvalue weighted by atomic mass is 9.94. The van der Waals surface area contributed by atoms with E-state index in [1.54, 1.807) is 0 Å². The molecule has 0 unspecified atom stereocenters. The molecule has 5 nitrogen and oxygen atoms in total. The third-order valence-electron chi connectivity index (χ3n) is 3.42. The van der Waals surface area contributed by atoms with E-state index in [-0.39, 0.29) is 5.91 Å².